The standard InChI is InChI=1S/C27H38ClN7O/c1-6-10-25(31-27(21(28)7-2)32-26-15-19(5)33-34-26)30-22-14-17(3)20(13-18(22)4)23-11-8-9-12-35(23)16-24(29)36/h7,10,13-15,23,30H,6,8-9,11-12,16H2,1-5H3,(H2,29,36)(H2,31,32,33,34)/b21-7+,25-10+. The molecule has 1 aromatic carbocycles. The van der Waals surface area contributed by atoms with E-state index in [0.29, 0.717) is 22.5 Å². The highest BCUT2D eigenvalue weighted by Gasteiger charge is 2.26. The van der Waals surface area contributed by atoms with Crippen molar-refractivity contribution in [1.82, 2.24) is 15.1 Å². The van der Waals surface area contributed by atoms with Gasteiger partial charge in [-0.25, -0.2) is 4.99 Å². The molecule has 36 heavy (non-hydrogen) atoms. The third-order valence-electron chi connectivity index (χ3n) is 6.27. The molecule has 0 spiro atoms. The van der Waals surface area contributed by atoms with Crippen molar-refractivity contribution in [3.8, 4) is 0 Å². The highest BCUT2D eigenvalue weighted by molar-refractivity contribution is 6.45. The number of nitrogens with zero attached hydrogens (tertiary/aromatic N) is 3. The summed E-state index contributed by atoms with van der Waals surface area (Å²) in [5, 5.41) is 14.4. The van der Waals surface area contributed by atoms with Gasteiger partial charge < -0.3 is 16.4 Å². The topological polar surface area (TPSA) is 111 Å². The predicted octanol–water partition coefficient (Wildman–Crippen LogP) is 5.66. The average Bonchev–Trinajstić information content (AvgIpc) is 3.25. The highest BCUT2D eigenvalue weighted by atomic mass is 35.5. The molecule has 0 aliphatic carbocycles. The minimum Gasteiger partial charge on any atom is -0.369 e. The molecule has 1 aromatic heterocycles. The molecular weight excluding hydrogens is 474 g/mol. The summed E-state index contributed by atoms with van der Waals surface area (Å²) >= 11 is 6.49. The SMILES string of the molecule is C\C=C(Cl)/C(=N\C(=C\CC)Nc1cc(C)c(C2CCCCN2CC(N)=O)cc1C)Nc1cc(C)[nH]n1. The number of aromatic amines is 1. The van der Waals surface area contributed by atoms with Crippen molar-refractivity contribution in [1.29, 1.82) is 0 Å². The van der Waals surface area contributed by atoms with E-state index in [9.17, 15) is 4.79 Å². The van der Waals surface area contributed by atoms with Crippen LogP contribution in [0.5, 0.6) is 0 Å². The normalized spacial score (nSPS) is 17.8. The number of H-pyrrole nitrogens is 1. The largest absolute Gasteiger partial charge is 0.369 e. The monoisotopic (exact) mass is 511 g/mol. The van der Waals surface area contributed by atoms with Crippen LogP contribution in [0.3, 0.4) is 0 Å². The summed E-state index contributed by atoms with van der Waals surface area (Å²) < 4.78 is 0. The smallest absolute Gasteiger partial charge is 0.231 e. The lowest BCUT2D eigenvalue weighted by atomic mass is 9.90. The summed E-state index contributed by atoms with van der Waals surface area (Å²) in [4.78, 5) is 18.7. The number of allylic oxidation sites excluding steroid dienone is 2. The van der Waals surface area contributed by atoms with Gasteiger partial charge in [-0.2, -0.15) is 5.10 Å². The van der Waals surface area contributed by atoms with Crippen molar-refractivity contribution in [2.45, 2.75) is 66.3 Å². The lowest BCUT2D eigenvalue weighted by Crippen LogP contribution is -2.39. The molecule has 1 atom stereocenters. The van der Waals surface area contributed by atoms with Crippen LogP contribution in [0, 0.1) is 20.8 Å². The maximum Gasteiger partial charge on any atom is 0.231 e. The summed E-state index contributed by atoms with van der Waals surface area (Å²) in [5.74, 6) is 1.56. The molecule has 1 amide bonds. The van der Waals surface area contributed by atoms with Crippen molar-refractivity contribution in [2.24, 2.45) is 10.7 Å². The number of amides is 1. The fourth-order valence-corrected chi connectivity index (χ4v) is 4.61. The molecule has 1 saturated heterocycles. The Morgan fingerprint density at radius 3 is 2.67 bits per heavy atom. The summed E-state index contributed by atoms with van der Waals surface area (Å²) in [6.45, 7) is 11.3. The van der Waals surface area contributed by atoms with Gasteiger partial charge in [0.2, 0.25) is 5.91 Å². The van der Waals surface area contributed by atoms with Crippen LogP contribution in [0.2, 0.25) is 0 Å². The average molecular weight is 512 g/mol. The zero-order valence-electron chi connectivity index (χ0n) is 21.9. The number of piperidine rings is 1. The summed E-state index contributed by atoms with van der Waals surface area (Å²) in [6, 6.07) is 6.47. The van der Waals surface area contributed by atoms with Crippen LogP contribution in [-0.4, -0.2) is 39.9 Å². The van der Waals surface area contributed by atoms with Crippen molar-refractivity contribution in [2.75, 3.05) is 23.7 Å². The number of hydrogen-bond donors (Lipinski definition) is 4. The Labute approximate surface area is 219 Å². The van der Waals surface area contributed by atoms with Gasteiger partial charge in [0, 0.05) is 23.5 Å². The second-order valence-electron chi connectivity index (χ2n) is 9.25. The number of likely N-dealkylation sites (tertiary alicyclic amines) is 1. The number of halogens is 1. The van der Waals surface area contributed by atoms with Gasteiger partial charge >= 0.3 is 0 Å². The molecule has 5 N–H and O–H groups in total. The van der Waals surface area contributed by atoms with Crippen molar-refractivity contribution in [3.05, 3.63) is 63.6 Å². The maximum atomic E-state index is 11.6. The van der Waals surface area contributed by atoms with Gasteiger partial charge in [0.15, 0.2) is 11.7 Å². The van der Waals surface area contributed by atoms with Gasteiger partial charge in [-0.15, -0.1) is 0 Å². The van der Waals surface area contributed by atoms with Crippen LogP contribution in [0.25, 0.3) is 0 Å². The van der Waals surface area contributed by atoms with E-state index < -0.39 is 0 Å². The first-order chi connectivity index (χ1) is 17.2. The molecule has 1 aliphatic rings. The highest BCUT2D eigenvalue weighted by Crippen LogP contribution is 2.35. The first-order valence-corrected chi connectivity index (χ1v) is 12.9. The molecule has 194 valence electrons. The third kappa shape index (κ3) is 7.21. The number of carbonyl (C=O) groups excluding carboxylic acids is 1. The van der Waals surface area contributed by atoms with E-state index in [1.807, 2.05) is 26.0 Å². The van der Waals surface area contributed by atoms with Crippen LogP contribution < -0.4 is 16.4 Å². The molecule has 1 unspecified atom stereocenters. The molecule has 9 heteroatoms. The van der Waals surface area contributed by atoms with Crippen molar-refractivity contribution >= 4 is 34.8 Å². The molecule has 2 aromatic rings. The molecule has 0 bridgehead atoms. The number of hydrogen-bond acceptors (Lipinski definition) is 5. The molecule has 0 radical (unpaired) electrons. The van der Waals surface area contributed by atoms with Crippen LogP contribution in [0.4, 0.5) is 11.5 Å². The van der Waals surface area contributed by atoms with Crippen LogP contribution in [-0.2, 0) is 4.79 Å². The second-order valence-corrected chi connectivity index (χ2v) is 9.66. The first kappa shape index (κ1) is 27.5. The number of nitrogens with two attached hydrogens (primary N) is 1. The molecule has 0 saturated carbocycles. The fraction of sp³-hybridized carbons (Fsp3) is 0.444. The summed E-state index contributed by atoms with van der Waals surface area (Å²) in [6.07, 6.45) is 7.88. The van der Waals surface area contributed by atoms with Crippen LogP contribution >= 0.6 is 11.6 Å². The van der Waals surface area contributed by atoms with Crippen molar-refractivity contribution in [3.63, 3.8) is 0 Å². The van der Waals surface area contributed by atoms with Gasteiger partial charge in [-0.05, 0) is 82.3 Å². The Hall–Kier alpha value is -3.10. The fourth-order valence-electron chi connectivity index (χ4n) is 4.52. The predicted molar refractivity (Wildman–Crippen MR) is 149 cm³/mol. The maximum absolute atomic E-state index is 11.6. The van der Waals surface area contributed by atoms with E-state index in [0.717, 1.165) is 49.2 Å². The third-order valence-corrected chi connectivity index (χ3v) is 6.67. The van der Waals surface area contributed by atoms with Gasteiger partial charge in [-0.1, -0.05) is 37.1 Å². The van der Waals surface area contributed by atoms with Crippen molar-refractivity contribution < 1.29 is 4.79 Å². The molecule has 1 fully saturated rings. The van der Waals surface area contributed by atoms with E-state index >= 15 is 0 Å². The summed E-state index contributed by atoms with van der Waals surface area (Å²) in [7, 11) is 0. The number of primary amides is 1. The number of aryl methyl sites for hydroxylation is 3. The Morgan fingerprint density at radius 2 is 2.03 bits per heavy atom. The molecular formula is C27H38ClN7O. The van der Waals surface area contributed by atoms with Gasteiger partial charge in [0.05, 0.1) is 11.6 Å². The first-order valence-electron chi connectivity index (χ1n) is 12.5. The number of aromatic nitrogens is 2. The minimum absolute atomic E-state index is 0.198. The van der Waals surface area contributed by atoms with Gasteiger partial charge in [0.25, 0.3) is 0 Å². The van der Waals surface area contributed by atoms with E-state index in [1.54, 1.807) is 6.08 Å². The number of amidine groups is 1. The number of rotatable bonds is 9. The molecule has 2 heterocycles. The Bertz CT molecular complexity index is 1160. The van der Waals surface area contributed by atoms with E-state index in [1.165, 1.54) is 11.1 Å². The Kier molecular flexibility index (Phi) is 9.73. The van der Waals surface area contributed by atoms with Crippen LogP contribution in [0.1, 0.15) is 68.0 Å². The number of benzene rings is 1. The summed E-state index contributed by atoms with van der Waals surface area (Å²) in [5.41, 5.74) is 11.0. The zero-order valence-corrected chi connectivity index (χ0v) is 22.7. The molecule has 8 nitrogen and oxygen atoms in total. The molecule has 1 aliphatic heterocycles. The van der Waals surface area contributed by atoms with E-state index in [2.05, 4.69) is 58.6 Å². The Morgan fingerprint density at radius 1 is 1.25 bits per heavy atom. The number of aliphatic imine (C=N–C) groups is 1. The Balaban J connectivity index is 1.89. The second kappa shape index (κ2) is 12.7. The minimum atomic E-state index is -0.282. The lowest BCUT2D eigenvalue weighted by molar-refractivity contribution is -0.120. The lowest BCUT2D eigenvalue weighted by Gasteiger charge is -2.36. The molecule has 3 rings (SSSR count). The zero-order chi connectivity index (χ0) is 26.2. The van der Waals surface area contributed by atoms with Gasteiger partial charge in [-0.3, -0.25) is 14.8 Å². The van der Waals surface area contributed by atoms with Gasteiger partial charge in [0.1, 0.15) is 5.82 Å². The van der Waals surface area contributed by atoms with E-state index in [-0.39, 0.29) is 18.5 Å². The number of nitrogens with one attached hydrogen (secondary N) is 3. The van der Waals surface area contributed by atoms with Crippen LogP contribution in [0.15, 0.2) is 46.2 Å². The van der Waals surface area contributed by atoms with E-state index in [4.69, 9.17) is 22.3 Å². The quantitative estimate of drug-likeness (QED) is 0.256. The number of carbonyl (C=O) groups is 1. The number of anilines is 2.